The highest BCUT2D eigenvalue weighted by molar-refractivity contribution is 8.00. The molecule has 9 nitrogen and oxygen atoms in total. The topological polar surface area (TPSA) is 125 Å². The van der Waals surface area contributed by atoms with Crippen molar-refractivity contribution in [3.05, 3.63) is 125 Å². The van der Waals surface area contributed by atoms with Crippen LogP contribution in [0.5, 0.6) is 5.75 Å². The molecule has 1 aromatic heterocycles. The van der Waals surface area contributed by atoms with Gasteiger partial charge in [-0.25, -0.2) is 14.0 Å². The van der Waals surface area contributed by atoms with Crippen molar-refractivity contribution >= 4 is 63.5 Å². The average molecular weight is 715 g/mol. The van der Waals surface area contributed by atoms with Gasteiger partial charge in [0.15, 0.2) is 6.04 Å². The zero-order chi connectivity index (χ0) is 35.1. The number of anilines is 2. The van der Waals surface area contributed by atoms with Crippen LogP contribution < -0.4 is 21.1 Å². The highest BCUT2D eigenvalue weighted by atomic mass is 35.5. The minimum atomic E-state index is -4.47. The first-order chi connectivity index (χ1) is 23.4. The maximum absolute atomic E-state index is 14.5. The quantitative estimate of drug-likeness (QED) is 0.0716. The van der Waals surface area contributed by atoms with Gasteiger partial charge in [-0.2, -0.15) is 13.2 Å². The number of urea groups is 1. The SMILES string of the molecule is NC(C(=O)OCc1ccccc1)C(=O)n1cc(NC(=O)Nc2ccc(OCC(SC(F)(F)F)c3ccccc3)cc2)c2cc(Cl)c(F)cc21. The lowest BCUT2D eigenvalue weighted by atomic mass is 10.1. The number of alkyl halides is 3. The molecule has 2 atom stereocenters. The minimum absolute atomic E-state index is 0.0208. The van der Waals surface area contributed by atoms with Crippen LogP contribution in [0.2, 0.25) is 5.02 Å². The predicted molar refractivity (Wildman–Crippen MR) is 179 cm³/mol. The van der Waals surface area contributed by atoms with E-state index in [1.54, 1.807) is 60.7 Å². The summed E-state index contributed by atoms with van der Waals surface area (Å²) in [7, 11) is 0. The number of carbonyl (C=O) groups excluding carboxylic acids is 3. The van der Waals surface area contributed by atoms with E-state index in [9.17, 15) is 31.9 Å². The number of thioether (sulfide) groups is 1. The molecular weight excluding hydrogens is 688 g/mol. The molecule has 254 valence electrons. The molecule has 0 radical (unpaired) electrons. The number of nitrogens with one attached hydrogen (secondary N) is 2. The first-order valence-electron chi connectivity index (χ1n) is 14.5. The van der Waals surface area contributed by atoms with Gasteiger partial charge in [-0.3, -0.25) is 9.36 Å². The van der Waals surface area contributed by atoms with Gasteiger partial charge in [-0.1, -0.05) is 72.3 Å². The Bertz CT molecular complexity index is 1940. The summed E-state index contributed by atoms with van der Waals surface area (Å²) in [6, 6.07) is 22.4. The Kier molecular flexibility index (Phi) is 11.1. The third kappa shape index (κ3) is 9.31. The molecule has 15 heteroatoms. The average Bonchev–Trinajstić information content (AvgIpc) is 3.42. The Labute approximate surface area is 286 Å². The fourth-order valence-corrected chi connectivity index (χ4v) is 5.60. The van der Waals surface area contributed by atoms with E-state index in [-0.39, 0.29) is 52.3 Å². The first kappa shape index (κ1) is 35.3. The van der Waals surface area contributed by atoms with Crippen LogP contribution in [-0.2, 0) is 16.1 Å². The van der Waals surface area contributed by atoms with Gasteiger partial charge in [-0.15, -0.1) is 0 Å². The summed E-state index contributed by atoms with van der Waals surface area (Å²) in [6.45, 7) is -0.384. The number of nitrogens with two attached hydrogens (primary N) is 1. The van der Waals surface area contributed by atoms with E-state index in [4.69, 9.17) is 26.8 Å². The van der Waals surface area contributed by atoms with Gasteiger partial charge in [0.05, 0.1) is 21.5 Å². The van der Waals surface area contributed by atoms with E-state index in [2.05, 4.69) is 10.6 Å². The van der Waals surface area contributed by atoms with E-state index in [0.717, 1.165) is 10.6 Å². The molecule has 1 heterocycles. The third-order valence-electron chi connectivity index (χ3n) is 7.04. The van der Waals surface area contributed by atoms with Crippen LogP contribution in [0.1, 0.15) is 21.2 Å². The third-order valence-corrected chi connectivity index (χ3v) is 8.29. The number of benzene rings is 4. The molecule has 0 aliphatic rings. The van der Waals surface area contributed by atoms with E-state index < -0.39 is 40.5 Å². The molecule has 5 aromatic rings. The number of fused-ring (bicyclic) bond motifs is 1. The van der Waals surface area contributed by atoms with E-state index >= 15 is 0 Å². The lowest BCUT2D eigenvalue weighted by Crippen LogP contribution is -2.42. The molecule has 49 heavy (non-hydrogen) atoms. The molecule has 4 N–H and O–H groups in total. The van der Waals surface area contributed by atoms with Crippen LogP contribution in [0, 0.1) is 5.82 Å². The maximum atomic E-state index is 14.5. The van der Waals surface area contributed by atoms with Gasteiger partial charge in [-0.05, 0) is 53.2 Å². The molecule has 0 aliphatic carbocycles. The zero-order valence-corrected chi connectivity index (χ0v) is 26.8. The van der Waals surface area contributed by atoms with Gasteiger partial charge in [0, 0.05) is 23.3 Å². The first-order valence-corrected chi connectivity index (χ1v) is 15.7. The molecule has 2 unspecified atom stereocenters. The van der Waals surface area contributed by atoms with Crippen molar-refractivity contribution in [1.82, 2.24) is 4.57 Å². The van der Waals surface area contributed by atoms with Crippen LogP contribution >= 0.6 is 23.4 Å². The molecule has 0 saturated carbocycles. The van der Waals surface area contributed by atoms with Crippen molar-refractivity contribution in [2.75, 3.05) is 17.2 Å². The summed E-state index contributed by atoms with van der Waals surface area (Å²) in [5.74, 6) is -2.55. The smallest absolute Gasteiger partial charge is 0.442 e. The second kappa shape index (κ2) is 15.4. The monoisotopic (exact) mass is 714 g/mol. The second-order valence-corrected chi connectivity index (χ2v) is 12.2. The maximum Gasteiger partial charge on any atom is 0.442 e. The number of esters is 1. The van der Waals surface area contributed by atoms with Crippen molar-refractivity contribution in [2.24, 2.45) is 5.73 Å². The Balaban J connectivity index is 1.25. The molecule has 0 fully saturated rings. The van der Waals surface area contributed by atoms with Crippen molar-refractivity contribution in [3.63, 3.8) is 0 Å². The summed E-state index contributed by atoms with van der Waals surface area (Å²) in [5.41, 5.74) is 2.89. The van der Waals surface area contributed by atoms with Crippen molar-refractivity contribution in [1.29, 1.82) is 0 Å². The molecule has 5 rings (SSSR count). The van der Waals surface area contributed by atoms with Crippen LogP contribution in [0.3, 0.4) is 0 Å². The molecule has 0 bridgehead atoms. The van der Waals surface area contributed by atoms with Crippen LogP contribution in [0.4, 0.5) is 33.7 Å². The van der Waals surface area contributed by atoms with E-state index in [1.165, 1.54) is 36.5 Å². The van der Waals surface area contributed by atoms with Gasteiger partial charge in [0.2, 0.25) is 0 Å². The Morgan fingerprint density at radius 2 is 1.57 bits per heavy atom. The summed E-state index contributed by atoms with van der Waals surface area (Å²) in [5, 5.41) is 4.03. The normalized spacial score (nSPS) is 12.6. The van der Waals surface area contributed by atoms with Crippen molar-refractivity contribution in [3.8, 4) is 5.75 Å². The van der Waals surface area contributed by atoms with Gasteiger partial charge < -0.3 is 25.8 Å². The summed E-state index contributed by atoms with van der Waals surface area (Å²) < 4.78 is 65.7. The van der Waals surface area contributed by atoms with Crippen LogP contribution in [0.15, 0.2) is 103 Å². The largest absolute Gasteiger partial charge is 0.492 e. The number of amides is 2. The molecule has 2 amide bonds. The van der Waals surface area contributed by atoms with Gasteiger partial charge >= 0.3 is 17.5 Å². The van der Waals surface area contributed by atoms with Crippen molar-refractivity contribution < 1.29 is 41.4 Å². The molecular formula is C34H27ClF4N4O5S. The number of halogens is 5. The van der Waals surface area contributed by atoms with Gasteiger partial charge in [0.25, 0.3) is 5.91 Å². The molecule has 0 spiro atoms. The zero-order valence-electron chi connectivity index (χ0n) is 25.2. The summed E-state index contributed by atoms with van der Waals surface area (Å²) >= 11 is 5.81. The molecule has 0 saturated heterocycles. The van der Waals surface area contributed by atoms with E-state index in [0.29, 0.717) is 16.8 Å². The number of hydrogen-bond donors (Lipinski definition) is 3. The number of ether oxygens (including phenoxy) is 2. The van der Waals surface area contributed by atoms with Crippen molar-refractivity contribution in [2.45, 2.75) is 23.4 Å². The van der Waals surface area contributed by atoms with Crippen LogP contribution in [0.25, 0.3) is 10.9 Å². The number of hydrogen-bond acceptors (Lipinski definition) is 7. The standard InChI is InChI=1S/C34H27ClF4N4O5S/c35-25-15-24-27(17-43(28(24)16-26(25)36)31(44)30(40)32(45)48-18-20-7-3-1-4-8-20)42-33(46)41-22-11-13-23(14-12-22)47-19-29(49-34(37,38)39)21-9-5-2-6-10-21/h1-17,29-30H,18-19,40H2,(H2,41,42,46). The number of carbonyl (C=O) groups is 3. The number of rotatable bonds is 11. The fourth-order valence-electron chi connectivity index (χ4n) is 4.69. The number of aromatic nitrogens is 1. The second-order valence-electron chi connectivity index (χ2n) is 10.5. The molecule has 4 aromatic carbocycles. The predicted octanol–water partition coefficient (Wildman–Crippen LogP) is 8.16. The lowest BCUT2D eigenvalue weighted by Gasteiger charge is -2.19. The molecule has 0 aliphatic heterocycles. The van der Waals surface area contributed by atoms with Gasteiger partial charge in [0.1, 0.15) is 24.8 Å². The summed E-state index contributed by atoms with van der Waals surface area (Å²) in [4.78, 5) is 38.8. The fraction of sp³-hybridized carbons (Fsp3) is 0.147. The van der Waals surface area contributed by atoms with E-state index in [1.807, 2.05) is 0 Å². The minimum Gasteiger partial charge on any atom is -0.492 e. The lowest BCUT2D eigenvalue weighted by molar-refractivity contribution is -0.145. The Hall–Kier alpha value is -5.05. The van der Waals surface area contributed by atoms with Crippen LogP contribution in [-0.4, -0.2) is 40.6 Å². The Morgan fingerprint density at radius 1 is 0.918 bits per heavy atom. The summed E-state index contributed by atoms with van der Waals surface area (Å²) in [6.07, 6.45) is 1.17. The Morgan fingerprint density at radius 3 is 2.22 bits per heavy atom. The number of nitrogens with zero attached hydrogens (tertiary/aromatic N) is 1. The highest BCUT2D eigenvalue weighted by Gasteiger charge is 2.34. The highest BCUT2D eigenvalue weighted by Crippen LogP contribution is 2.42.